The molecule has 2 aromatic rings. The van der Waals surface area contributed by atoms with Crippen LogP contribution in [0.15, 0.2) is 107 Å². The van der Waals surface area contributed by atoms with E-state index < -0.39 is 0 Å². The van der Waals surface area contributed by atoms with Gasteiger partial charge in [0, 0.05) is 0 Å². The van der Waals surface area contributed by atoms with Gasteiger partial charge < -0.3 is 0 Å². The van der Waals surface area contributed by atoms with Crippen LogP contribution in [0.4, 0.5) is 0 Å². The molecule has 35 heavy (non-hydrogen) atoms. The van der Waals surface area contributed by atoms with E-state index in [1.165, 1.54) is 94.2 Å². The van der Waals surface area contributed by atoms with Gasteiger partial charge in [-0.1, -0.05) is 118 Å². The quantitative estimate of drug-likeness (QED) is 0.389. The first-order valence-corrected chi connectivity index (χ1v) is 13.6. The maximum Gasteiger partial charge on any atom is -0.00137 e. The number of allylic oxidation sites excluding steroid dienone is 10. The first-order valence-electron chi connectivity index (χ1n) is 13.6. The standard InChI is InChI=1S/C35H36/c1-25(29-17-18-30(22-29)28-11-6-3-7-12-28)19-32-13-8-14-35(32)34-23-31-16-15-27(21-33(31)24-34)20-26-9-4-2-5-10-26/h3,6-7,11-16,18,21-22,24,26H,1-2,4-5,8-10,17,19-20,23H2. The Labute approximate surface area is 211 Å². The summed E-state index contributed by atoms with van der Waals surface area (Å²) in [4.78, 5) is 0. The lowest BCUT2D eigenvalue weighted by Gasteiger charge is -2.21. The minimum absolute atomic E-state index is 0.895. The lowest BCUT2D eigenvalue weighted by atomic mass is 9.84. The Balaban J connectivity index is 1.12. The molecular weight excluding hydrogens is 420 g/mol. The zero-order valence-electron chi connectivity index (χ0n) is 20.9. The molecule has 0 radical (unpaired) electrons. The van der Waals surface area contributed by atoms with Crippen LogP contribution in [0.25, 0.3) is 11.6 Å². The molecule has 0 saturated heterocycles. The molecular formula is C35H36. The van der Waals surface area contributed by atoms with E-state index in [-0.39, 0.29) is 0 Å². The van der Waals surface area contributed by atoms with Gasteiger partial charge in [-0.15, -0.1) is 0 Å². The predicted octanol–water partition coefficient (Wildman–Crippen LogP) is 9.37. The first kappa shape index (κ1) is 22.4. The van der Waals surface area contributed by atoms with Crippen molar-refractivity contribution in [2.75, 3.05) is 0 Å². The highest BCUT2D eigenvalue weighted by Gasteiger charge is 2.23. The Kier molecular flexibility index (Phi) is 6.30. The van der Waals surface area contributed by atoms with Gasteiger partial charge in [0.15, 0.2) is 0 Å². The summed E-state index contributed by atoms with van der Waals surface area (Å²) in [5.41, 5.74) is 14.2. The van der Waals surface area contributed by atoms with Gasteiger partial charge in [0.25, 0.3) is 0 Å². The molecule has 0 N–H and O–H groups in total. The number of hydrogen-bond acceptors (Lipinski definition) is 0. The van der Waals surface area contributed by atoms with E-state index in [4.69, 9.17) is 0 Å². The SMILES string of the molecule is C=C(CC1=CCC=C1C1=Cc2cc(CC3CCCCC3)ccc2C1)C1=CC(c2ccccc2)=CC1. The monoisotopic (exact) mass is 456 g/mol. The zero-order valence-corrected chi connectivity index (χ0v) is 20.9. The minimum Gasteiger partial charge on any atom is -0.0952 e. The van der Waals surface area contributed by atoms with Gasteiger partial charge in [-0.05, 0) is 93.7 Å². The number of benzene rings is 2. The lowest BCUT2D eigenvalue weighted by molar-refractivity contribution is 0.356. The third-order valence-corrected chi connectivity index (χ3v) is 8.38. The summed E-state index contributed by atoms with van der Waals surface area (Å²) in [6.45, 7) is 4.51. The molecule has 0 aliphatic heterocycles. The Bertz CT molecular complexity index is 1280. The van der Waals surface area contributed by atoms with Crippen molar-refractivity contribution in [2.45, 2.75) is 64.2 Å². The van der Waals surface area contributed by atoms with Gasteiger partial charge in [0.1, 0.15) is 0 Å². The molecule has 176 valence electrons. The van der Waals surface area contributed by atoms with Gasteiger partial charge in [-0.25, -0.2) is 0 Å². The Morgan fingerprint density at radius 1 is 0.886 bits per heavy atom. The molecule has 0 bridgehead atoms. The molecule has 0 atom stereocenters. The molecule has 0 spiro atoms. The molecule has 0 heterocycles. The van der Waals surface area contributed by atoms with E-state index in [0.29, 0.717) is 0 Å². The van der Waals surface area contributed by atoms with Crippen molar-refractivity contribution in [2.24, 2.45) is 5.92 Å². The average Bonchev–Trinajstić information content (AvgIpc) is 3.64. The van der Waals surface area contributed by atoms with Crippen LogP contribution in [-0.4, -0.2) is 0 Å². The maximum atomic E-state index is 4.51. The molecule has 6 rings (SSSR count). The Hall–Kier alpha value is -3.12. The number of rotatable bonds is 7. The van der Waals surface area contributed by atoms with Crippen LogP contribution in [0.1, 0.15) is 73.6 Å². The van der Waals surface area contributed by atoms with Gasteiger partial charge in [-0.2, -0.15) is 0 Å². The fourth-order valence-corrected chi connectivity index (χ4v) is 6.42. The predicted molar refractivity (Wildman–Crippen MR) is 150 cm³/mol. The smallest absolute Gasteiger partial charge is 0.00137 e. The molecule has 2 aromatic carbocycles. The summed E-state index contributed by atoms with van der Waals surface area (Å²) >= 11 is 0. The summed E-state index contributed by atoms with van der Waals surface area (Å²) in [7, 11) is 0. The second kappa shape index (κ2) is 9.86. The number of fused-ring (bicyclic) bond motifs is 1. The minimum atomic E-state index is 0.895. The fourth-order valence-electron chi connectivity index (χ4n) is 6.42. The lowest BCUT2D eigenvalue weighted by Crippen LogP contribution is -2.09. The summed E-state index contributed by atoms with van der Waals surface area (Å²) in [6.07, 6.45) is 24.4. The third kappa shape index (κ3) is 4.85. The van der Waals surface area contributed by atoms with Crippen molar-refractivity contribution in [1.29, 1.82) is 0 Å². The van der Waals surface area contributed by atoms with Gasteiger partial charge in [0.2, 0.25) is 0 Å². The summed E-state index contributed by atoms with van der Waals surface area (Å²) in [5, 5.41) is 0. The van der Waals surface area contributed by atoms with E-state index in [2.05, 4.69) is 85.5 Å². The van der Waals surface area contributed by atoms with Crippen molar-refractivity contribution in [3.8, 4) is 0 Å². The van der Waals surface area contributed by atoms with Crippen LogP contribution >= 0.6 is 0 Å². The van der Waals surface area contributed by atoms with Crippen LogP contribution in [0, 0.1) is 5.92 Å². The topological polar surface area (TPSA) is 0 Å². The van der Waals surface area contributed by atoms with Crippen LogP contribution in [0.5, 0.6) is 0 Å². The van der Waals surface area contributed by atoms with Crippen molar-refractivity contribution >= 4 is 11.6 Å². The van der Waals surface area contributed by atoms with E-state index in [1.54, 1.807) is 0 Å². The van der Waals surface area contributed by atoms with Crippen molar-refractivity contribution < 1.29 is 0 Å². The van der Waals surface area contributed by atoms with Crippen molar-refractivity contribution in [1.82, 2.24) is 0 Å². The largest absolute Gasteiger partial charge is 0.0952 e. The molecule has 0 aromatic heterocycles. The van der Waals surface area contributed by atoms with Crippen LogP contribution < -0.4 is 0 Å². The molecule has 1 fully saturated rings. The van der Waals surface area contributed by atoms with Crippen LogP contribution in [-0.2, 0) is 12.8 Å². The maximum absolute atomic E-state index is 4.51. The molecule has 0 unspecified atom stereocenters. The third-order valence-electron chi connectivity index (χ3n) is 8.38. The van der Waals surface area contributed by atoms with E-state index in [9.17, 15) is 0 Å². The first-order chi connectivity index (χ1) is 17.2. The highest BCUT2D eigenvalue weighted by Crippen LogP contribution is 2.40. The normalized spacial score (nSPS) is 19.6. The highest BCUT2D eigenvalue weighted by atomic mass is 14.3. The second-order valence-corrected chi connectivity index (χ2v) is 10.9. The van der Waals surface area contributed by atoms with Crippen LogP contribution in [0.2, 0.25) is 0 Å². The van der Waals surface area contributed by atoms with Crippen molar-refractivity contribution in [3.05, 3.63) is 130 Å². The van der Waals surface area contributed by atoms with E-state index >= 15 is 0 Å². The summed E-state index contributed by atoms with van der Waals surface area (Å²) in [6, 6.07) is 18.0. The van der Waals surface area contributed by atoms with E-state index in [1.807, 2.05) is 0 Å². The average molecular weight is 457 g/mol. The van der Waals surface area contributed by atoms with Gasteiger partial charge in [0.05, 0.1) is 0 Å². The van der Waals surface area contributed by atoms with Gasteiger partial charge in [-0.3, -0.25) is 0 Å². The fraction of sp³-hybridized carbons (Fsp3) is 0.314. The number of hydrogen-bond donors (Lipinski definition) is 0. The summed E-state index contributed by atoms with van der Waals surface area (Å²) in [5.74, 6) is 0.895. The second-order valence-electron chi connectivity index (χ2n) is 10.9. The van der Waals surface area contributed by atoms with Crippen molar-refractivity contribution in [3.63, 3.8) is 0 Å². The molecule has 4 aliphatic rings. The molecule has 1 saturated carbocycles. The van der Waals surface area contributed by atoms with Crippen LogP contribution in [0.3, 0.4) is 0 Å². The molecule has 0 nitrogen and oxygen atoms in total. The molecule has 0 amide bonds. The molecule has 4 aliphatic carbocycles. The molecule has 0 heteroatoms. The summed E-state index contributed by atoms with van der Waals surface area (Å²) < 4.78 is 0. The Morgan fingerprint density at radius 2 is 1.74 bits per heavy atom. The van der Waals surface area contributed by atoms with E-state index in [0.717, 1.165) is 31.6 Å². The highest BCUT2D eigenvalue weighted by molar-refractivity contribution is 5.79. The zero-order chi connectivity index (χ0) is 23.6. The Morgan fingerprint density at radius 3 is 2.60 bits per heavy atom. The van der Waals surface area contributed by atoms with Gasteiger partial charge >= 0.3 is 0 Å².